The fraction of sp³-hybridized carbons (Fsp3) is 0. The molecule has 0 aliphatic heterocycles. The molecule has 3 aromatic carbocycles. The Bertz CT molecular complexity index is 1310. The molecular formula is C21H6F10NP. The van der Waals surface area contributed by atoms with Crippen molar-refractivity contribution in [2.24, 2.45) is 0 Å². The first-order valence-electron chi connectivity index (χ1n) is 8.75. The van der Waals surface area contributed by atoms with Crippen LogP contribution in [-0.4, -0.2) is 4.98 Å². The smallest absolute Gasteiger partial charge is 0.200 e. The first kappa shape index (κ1) is 23.0. The van der Waals surface area contributed by atoms with Crippen molar-refractivity contribution >= 4 is 34.9 Å². The van der Waals surface area contributed by atoms with Crippen molar-refractivity contribution in [1.82, 2.24) is 4.98 Å². The molecule has 170 valence electrons. The molecule has 0 atom stereocenters. The minimum absolute atomic E-state index is 0.0650. The Morgan fingerprint density at radius 3 is 1.30 bits per heavy atom. The standard InChI is InChI=1S/C21H6F10NP/c22-10-12(24)16(28)20(17(29)13(10)25)33(9-6-5-7-3-1-2-4-8(7)32-9)21-18(30)14(26)11(23)15(27)19(21)31/h1-6H. The van der Waals surface area contributed by atoms with Crippen LogP contribution in [0, 0.1) is 58.2 Å². The Hall–Kier alpha value is -3.20. The van der Waals surface area contributed by atoms with Crippen LogP contribution in [0.4, 0.5) is 43.9 Å². The van der Waals surface area contributed by atoms with Crippen LogP contribution >= 0.6 is 7.92 Å². The summed E-state index contributed by atoms with van der Waals surface area (Å²) in [5, 5.41) is -3.13. The largest absolute Gasteiger partial charge is 0.247 e. The zero-order chi connectivity index (χ0) is 24.2. The molecule has 12 heteroatoms. The zero-order valence-electron chi connectivity index (χ0n) is 15.6. The van der Waals surface area contributed by atoms with Gasteiger partial charge in [-0.3, -0.25) is 0 Å². The number of pyridine rings is 1. The average Bonchev–Trinajstić information content (AvgIpc) is 2.82. The molecule has 0 saturated carbocycles. The molecule has 1 aromatic heterocycles. The summed E-state index contributed by atoms with van der Waals surface area (Å²) in [6.07, 6.45) is 0. The van der Waals surface area contributed by atoms with Gasteiger partial charge < -0.3 is 0 Å². The lowest BCUT2D eigenvalue weighted by Gasteiger charge is -2.22. The number of aromatic nitrogens is 1. The van der Waals surface area contributed by atoms with E-state index in [0.29, 0.717) is 5.39 Å². The van der Waals surface area contributed by atoms with Gasteiger partial charge in [-0.05, 0) is 12.1 Å². The second kappa shape index (κ2) is 8.30. The maximum atomic E-state index is 14.6. The number of nitrogens with zero attached hydrogens (tertiary/aromatic N) is 1. The molecule has 0 unspecified atom stereocenters. The number of rotatable bonds is 3. The fourth-order valence-corrected chi connectivity index (χ4v) is 5.39. The molecule has 0 aliphatic rings. The third kappa shape index (κ3) is 3.51. The van der Waals surface area contributed by atoms with E-state index >= 15 is 0 Å². The Balaban J connectivity index is 2.17. The van der Waals surface area contributed by atoms with Gasteiger partial charge >= 0.3 is 0 Å². The van der Waals surface area contributed by atoms with Crippen molar-refractivity contribution in [2.45, 2.75) is 0 Å². The minimum Gasteiger partial charge on any atom is -0.247 e. The van der Waals surface area contributed by atoms with Gasteiger partial charge in [0.2, 0.25) is 11.6 Å². The molecule has 1 nitrogen and oxygen atoms in total. The van der Waals surface area contributed by atoms with Gasteiger partial charge in [0, 0.05) is 13.3 Å². The van der Waals surface area contributed by atoms with Gasteiger partial charge in [-0.15, -0.1) is 0 Å². The van der Waals surface area contributed by atoms with Gasteiger partial charge in [0.25, 0.3) is 0 Å². The van der Waals surface area contributed by atoms with Crippen LogP contribution in [0.1, 0.15) is 0 Å². The summed E-state index contributed by atoms with van der Waals surface area (Å²) in [5.41, 5.74) is -0.606. The fourth-order valence-electron chi connectivity index (χ4n) is 3.10. The van der Waals surface area contributed by atoms with Crippen LogP contribution in [0.5, 0.6) is 0 Å². The van der Waals surface area contributed by atoms with Gasteiger partial charge in [0.15, 0.2) is 46.5 Å². The molecular weight excluding hydrogens is 487 g/mol. The lowest BCUT2D eigenvalue weighted by molar-refractivity contribution is 0.383. The second-order valence-electron chi connectivity index (χ2n) is 6.53. The minimum atomic E-state index is -3.60. The first-order valence-corrected chi connectivity index (χ1v) is 10.1. The lowest BCUT2D eigenvalue weighted by Crippen LogP contribution is -2.34. The summed E-state index contributed by atoms with van der Waals surface area (Å²) in [7, 11) is -3.60. The predicted molar refractivity (Wildman–Crippen MR) is 100 cm³/mol. The first-order chi connectivity index (χ1) is 15.6. The van der Waals surface area contributed by atoms with Crippen LogP contribution in [0.2, 0.25) is 0 Å². The maximum absolute atomic E-state index is 14.6. The monoisotopic (exact) mass is 493 g/mol. The zero-order valence-corrected chi connectivity index (χ0v) is 16.5. The lowest BCUT2D eigenvalue weighted by atomic mass is 10.2. The van der Waals surface area contributed by atoms with Crippen molar-refractivity contribution in [3.63, 3.8) is 0 Å². The number of halogens is 10. The van der Waals surface area contributed by atoms with Gasteiger partial charge in [-0.1, -0.05) is 24.3 Å². The second-order valence-corrected chi connectivity index (χ2v) is 8.56. The van der Waals surface area contributed by atoms with Crippen LogP contribution in [0.25, 0.3) is 10.9 Å². The number of fused-ring (bicyclic) bond motifs is 1. The van der Waals surface area contributed by atoms with Crippen LogP contribution in [0.3, 0.4) is 0 Å². The highest BCUT2D eigenvalue weighted by Gasteiger charge is 2.38. The summed E-state index contributed by atoms with van der Waals surface area (Å²) in [5.74, 6) is -24.9. The third-order valence-corrected chi connectivity index (χ3v) is 7.02. The summed E-state index contributed by atoms with van der Waals surface area (Å²) in [4.78, 5) is 3.94. The van der Waals surface area contributed by atoms with E-state index in [1.165, 1.54) is 24.3 Å². The molecule has 33 heavy (non-hydrogen) atoms. The van der Waals surface area contributed by atoms with Gasteiger partial charge in [0.1, 0.15) is 0 Å². The van der Waals surface area contributed by atoms with Crippen molar-refractivity contribution < 1.29 is 43.9 Å². The van der Waals surface area contributed by atoms with E-state index in [9.17, 15) is 43.9 Å². The number of hydrogen-bond acceptors (Lipinski definition) is 1. The van der Waals surface area contributed by atoms with E-state index < -0.39 is 82.1 Å². The Morgan fingerprint density at radius 2 is 0.848 bits per heavy atom. The van der Waals surface area contributed by atoms with Crippen molar-refractivity contribution in [1.29, 1.82) is 0 Å². The van der Waals surface area contributed by atoms with Gasteiger partial charge in [-0.2, -0.15) is 0 Å². The normalized spacial score (nSPS) is 11.6. The molecule has 0 saturated heterocycles. The molecule has 0 amide bonds. The van der Waals surface area contributed by atoms with E-state index in [0.717, 1.165) is 6.07 Å². The molecule has 0 N–H and O–H groups in total. The average molecular weight is 493 g/mol. The van der Waals surface area contributed by atoms with Crippen molar-refractivity contribution in [3.05, 3.63) is 94.6 Å². The maximum Gasteiger partial charge on any atom is 0.200 e. The highest BCUT2D eigenvalue weighted by Crippen LogP contribution is 2.39. The molecule has 0 spiro atoms. The molecule has 4 rings (SSSR count). The van der Waals surface area contributed by atoms with Crippen molar-refractivity contribution in [3.8, 4) is 0 Å². The van der Waals surface area contributed by atoms with E-state index in [4.69, 9.17) is 0 Å². The van der Waals surface area contributed by atoms with E-state index in [-0.39, 0.29) is 5.52 Å². The van der Waals surface area contributed by atoms with Gasteiger partial charge in [0.05, 0.1) is 21.6 Å². The molecule has 4 aromatic rings. The Labute approximate surface area is 179 Å². The number of hydrogen-bond donors (Lipinski definition) is 0. The topological polar surface area (TPSA) is 12.9 Å². The highest BCUT2D eigenvalue weighted by atomic mass is 31.1. The summed E-state index contributed by atoms with van der Waals surface area (Å²) in [6, 6.07) is 8.07. The Morgan fingerprint density at radius 1 is 0.455 bits per heavy atom. The quantitative estimate of drug-likeness (QED) is 0.162. The molecule has 0 radical (unpaired) electrons. The predicted octanol–water partition coefficient (Wildman–Crippen LogP) is 5.38. The molecule has 1 heterocycles. The number of benzene rings is 3. The summed E-state index contributed by atoms with van der Waals surface area (Å²) >= 11 is 0. The summed E-state index contributed by atoms with van der Waals surface area (Å²) < 4.78 is 141. The number of para-hydroxylation sites is 1. The van der Waals surface area contributed by atoms with Crippen molar-refractivity contribution in [2.75, 3.05) is 0 Å². The third-order valence-electron chi connectivity index (χ3n) is 4.63. The Kier molecular flexibility index (Phi) is 5.78. The van der Waals surface area contributed by atoms with E-state index in [1.54, 1.807) is 6.07 Å². The van der Waals surface area contributed by atoms with E-state index in [1.807, 2.05) is 0 Å². The van der Waals surface area contributed by atoms with Crippen LogP contribution < -0.4 is 16.0 Å². The van der Waals surface area contributed by atoms with Crippen LogP contribution in [0.15, 0.2) is 36.4 Å². The van der Waals surface area contributed by atoms with E-state index in [2.05, 4.69) is 4.98 Å². The van der Waals surface area contributed by atoms with Gasteiger partial charge in [-0.25, -0.2) is 48.9 Å². The SMILES string of the molecule is Fc1c(F)c(F)c(P(c2ccc3ccccc3n2)c2c(F)c(F)c(F)c(F)c2F)c(F)c1F. The molecule has 0 bridgehead atoms. The summed E-state index contributed by atoms with van der Waals surface area (Å²) in [6.45, 7) is 0. The highest BCUT2D eigenvalue weighted by molar-refractivity contribution is 7.79. The molecule has 0 fully saturated rings. The molecule has 0 aliphatic carbocycles. The van der Waals surface area contributed by atoms with Crippen LogP contribution in [-0.2, 0) is 0 Å².